The first-order valence-corrected chi connectivity index (χ1v) is 15.1. The second-order valence-electron chi connectivity index (χ2n) is 11.4. The van der Waals surface area contributed by atoms with Gasteiger partial charge in [0.1, 0.15) is 5.60 Å². The topological polar surface area (TPSA) is 47.2 Å². The van der Waals surface area contributed by atoms with Crippen LogP contribution >= 0.6 is 0 Å². The Morgan fingerprint density at radius 2 is 1.21 bits per heavy atom. The lowest BCUT2D eigenvalue weighted by Gasteiger charge is -2.60. The molecule has 0 aromatic carbocycles. The van der Waals surface area contributed by atoms with Gasteiger partial charge in [0, 0.05) is 5.41 Å². The molecule has 0 saturated carbocycles. The van der Waals surface area contributed by atoms with E-state index in [1.54, 1.807) is 0 Å². The highest BCUT2D eigenvalue weighted by atomic mass is 16.5. The zero-order valence-corrected chi connectivity index (χ0v) is 23.1. The molecule has 0 amide bonds. The summed E-state index contributed by atoms with van der Waals surface area (Å²) in [5, 5.41) is 4.28. The van der Waals surface area contributed by atoms with Crippen LogP contribution in [0.1, 0.15) is 149 Å². The molecule has 1 aliphatic heterocycles. The van der Waals surface area contributed by atoms with Gasteiger partial charge in [-0.3, -0.25) is 0 Å². The van der Waals surface area contributed by atoms with Crippen LogP contribution in [0.25, 0.3) is 0 Å². The predicted octanol–water partition coefficient (Wildman–Crippen LogP) is 8.68. The lowest BCUT2D eigenvalue weighted by atomic mass is 9.58. The van der Waals surface area contributed by atoms with Crippen molar-refractivity contribution in [1.29, 1.82) is 0 Å². The first-order chi connectivity index (χ1) is 16.6. The molecule has 3 heteroatoms. The van der Waals surface area contributed by atoms with Gasteiger partial charge >= 0.3 is 0 Å². The number of hydrogen-bond acceptors (Lipinski definition) is 2. The Bertz CT molecular complexity index is 613. The Labute approximate surface area is 212 Å². The lowest BCUT2D eigenvalue weighted by molar-refractivity contribution is -0.286. The Kier molecular flexibility index (Phi) is 14.3. The number of hydrogen-bond donors (Lipinski definition) is 1. The number of ether oxygens (including phenoxy) is 1. The van der Waals surface area contributed by atoms with Crippen molar-refractivity contribution in [2.45, 2.75) is 161 Å². The molecule has 1 heterocycles. The molecular formula is C31H57N2O+. The van der Waals surface area contributed by atoms with Gasteiger partial charge in [0.2, 0.25) is 0 Å². The molecule has 0 aromatic heterocycles. The first kappa shape index (κ1) is 29.3. The van der Waals surface area contributed by atoms with Gasteiger partial charge in [0.25, 0.3) is 0 Å². The van der Waals surface area contributed by atoms with Crippen LogP contribution in [0.15, 0.2) is 28.9 Å². The van der Waals surface area contributed by atoms with Crippen molar-refractivity contribution in [2.24, 2.45) is 10.5 Å². The molecule has 1 saturated heterocycles. The summed E-state index contributed by atoms with van der Waals surface area (Å²) in [5.74, 6) is 0. The number of nitrogens with two attached hydrogens (primary N) is 1. The molecule has 1 spiro atoms. The molecule has 3 atom stereocenters. The van der Waals surface area contributed by atoms with E-state index in [9.17, 15) is 0 Å². The normalized spacial score (nSPS) is 26.0. The summed E-state index contributed by atoms with van der Waals surface area (Å²) in [5.41, 5.74) is 7.10. The summed E-state index contributed by atoms with van der Waals surface area (Å²) in [6.07, 6.45) is 34.1. The SMILES string of the molecule is CCCCCCCCCCCCC1(CCCCCCCCCC)COC12C=C(C)C=CC2N=[NH2+]. The molecule has 1 fully saturated rings. The minimum Gasteiger partial charge on any atom is -0.367 e. The van der Waals surface area contributed by atoms with Crippen molar-refractivity contribution >= 4 is 0 Å². The molecule has 1 aliphatic carbocycles. The van der Waals surface area contributed by atoms with Gasteiger partial charge < -0.3 is 4.74 Å². The third-order valence-corrected chi connectivity index (χ3v) is 8.52. The van der Waals surface area contributed by atoms with Crippen LogP contribution in [0.4, 0.5) is 0 Å². The van der Waals surface area contributed by atoms with E-state index in [2.05, 4.69) is 44.1 Å². The summed E-state index contributed by atoms with van der Waals surface area (Å²) in [6, 6.07) is -0.0397. The van der Waals surface area contributed by atoms with E-state index in [1.165, 1.54) is 134 Å². The van der Waals surface area contributed by atoms with E-state index >= 15 is 0 Å². The highest BCUT2D eigenvalue weighted by molar-refractivity contribution is 5.37. The third-order valence-electron chi connectivity index (χ3n) is 8.52. The van der Waals surface area contributed by atoms with Crippen LogP contribution < -0.4 is 5.53 Å². The standard InChI is InChI=1S/C31H56N2O/c1-4-6-8-10-12-14-15-17-19-21-25-30(24-20-18-16-13-11-9-7-5-2)27-34-31(30)26-28(3)22-23-29(31)33-32/h22-23,26,29,32H,4-21,24-25,27H2,1-3H3/p+1. The number of allylic oxidation sites excluding steroid dienone is 2. The zero-order valence-electron chi connectivity index (χ0n) is 23.1. The summed E-state index contributed by atoms with van der Waals surface area (Å²) in [7, 11) is 0. The van der Waals surface area contributed by atoms with Gasteiger partial charge in [0.15, 0.2) is 6.04 Å². The second-order valence-corrected chi connectivity index (χ2v) is 11.4. The molecule has 196 valence electrons. The van der Waals surface area contributed by atoms with Crippen LogP contribution in [0.2, 0.25) is 0 Å². The fraction of sp³-hybridized carbons (Fsp3) is 0.871. The Morgan fingerprint density at radius 1 is 0.765 bits per heavy atom. The molecule has 0 aromatic rings. The van der Waals surface area contributed by atoms with Crippen LogP contribution in [0, 0.1) is 5.41 Å². The molecule has 0 radical (unpaired) electrons. The molecule has 2 rings (SSSR count). The summed E-state index contributed by atoms with van der Waals surface area (Å²) < 4.78 is 6.41. The van der Waals surface area contributed by atoms with Gasteiger partial charge in [-0.2, -0.15) is 5.53 Å². The quantitative estimate of drug-likeness (QED) is 0.131. The predicted molar refractivity (Wildman–Crippen MR) is 146 cm³/mol. The van der Waals surface area contributed by atoms with E-state index in [1.807, 2.05) is 0 Å². The molecule has 2 aliphatic rings. The summed E-state index contributed by atoms with van der Waals surface area (Å²) in [6.45, 7) is 7.66. The molecule has 0 bridgehead atoms. The van der Waals surface area contributed by atoms with Crippen molar-refractivity contribution in [1.82, 2.24) is 0 Å². The van der Waals surface area contributed by atoms with Gasteiger partial charge in [-0.05, 0) is 31.0 Å². The zero-order chi connectivity index (χ0) is 24.5. The smallest absolute Gasteiger partial charge is 0.163 e. The van der Waals surface area contributed by atoms with E-state index in [0.717, 1.165) is 6.61 Å². The lowest BCUT2D eigenvalue weighted by Crippen LogP contribution is -2.68. The van der Waals surface area contributed by atoms with Crippen molar-refractivity contribution < 1.29 is 10.3 Å². The molecule has 3 nitrogen and oxygen atoms in total. The Morgan fingerprint density at radius 3 is 1.59 bits per heavy atom. The first-order valence-electron chi connectivity index (χ1n) is 15.1. The highest BCUT2D eigenvalue weighted by Crippen LogP contribution is 2.56. The largest absolute Gasteiger partial charge is 0.367 e. The Balaban J connectivity index is 1.81. The van der Waals surface area contributed by atoms with E-state index in [-0.39, 0.29) is 17.1 Å². The Hall–Kier alpha value is -0.960. The van der Waals surface area contributed by atoms with Crippen LogP contribution in [-0.2, 0) is 4.74 Å². The summed E-state index contributed by atoms with van der Waals surface area (Å²) >= 11 is 0. The average molecular weight is 474 g/mol. The fourth-order valence-corrected chi connectivity index (χ4v) is 6.26. The van der Waals surface area contributed by atoms with E-state index < -0.39 is 0 Å². The van der Waals surface area contributed by atoms with Gasteiger partial charge in [-0.25, -0.2) is 0 Å². The van der Waals surface area contributed by atoms with E-state index in [4.69, 9.17) is 10.3 Å². The third kappa shape index (κ3) is 8.61. The van der Waals surface area contributed by atoms with Gasteiger partial charge in [-0.1, -0.05) is 147 Å². The van der Waals surface area contributed by atoms with Gasteiger partial charge in [-0.15, -0.1) is 0 Å². The van der Waals surface area contributed by atoms with Crippen molar-refractivity contribution in [2.75, 3.05) is 6.61 Å². The minimum atomic E-state index is -0.305. The maximum Gasteiger partial charge on any atom is 0.163 e. The van der Waals surface area contributed by atoms with Crippen LogP contribution in [0.3, 0.4) is 0 Å². The molecule has 3 unspecified atom stereocenters. The maximum absolute atomic E-state index is 6.41. The number of nitrogens with zero attached hydrogens (tertiary/aromatic N) is 1. The maximum atomic E-state index is 6.41. The van der Waals surface area contributed by atoms with Crippen molar-refractivity contribution in [3.8, 4) is 0 Å². The average Bonchev–Trinajstić information content (AvgIpc) is 2.84. The van der Waals surface area contributed by atoms with Crippen LogP contribution in [0.5, 0.6) is 0 Å². The molecular weight excluding hydrogens is 416 g/mol. The van der Waals surface area contributed by atoms with Gasteiger partial charge in [0.05, 0.1) is 6.61 Å². The second kappa shape index (κ2) is 16.7. The van der Waals surface area contributed by atoms with Crippen molar-refractivity contribution in [3.63, 3.8) is 0 Å². The monoisotopic (exact) mass is 473 g/mol. The van der Waals surface area contributed by atoms with Crippen LogP contribution in [-0.4, -0.2) is 18.2 Å². The molecule has 34 heavy (non-hydrogen) atoms. The van der Waals surface area contributed by atoms with E-state index in [0.29, 0.717) is 0 Å². The number of rotatable bonds is 21. The summed E-state index contributed by atoms with van der Waals surface area (Å²) in [4.78, 5) is 0. The molecule has 2 N–H and O–H groups in total. The highest BCUT2D eigenvalue weighted by Gasteiger charge is 2.63. The minimum absolute atomic E-state index is 0.0397. The fourth-order valence-electron chi connectivity index (χ4n) is 6.26. The van der Waals surface area contributed by atoms with Crippen molar-refractivity contribution in [3.05, 3.63) is 23.8 Å². The number of unbranched alkanes of at least 4 members (excludes halogenated alkanes) is 16.